The number of pyridine rings is 2. The highest BCUT2D eigenvalue weighted by molar-refractivity contribution is 5.95. The van der Waals surface area contributed by atoms with E-state index in [1.807, 2.05) is 55.0 Å². The summed E-state index contributed by atoms with van der Waals surface area (Å²) >= 11 is 0. The summed E-state index contributed by atoms with van der Waals surface area (Å²) in [6.07, 6.45) is 5.46. The molecule has 0 fully saturated rings. The SMILES string of the molecule is O=C(COc1ccccc1F)Nc1nc2ccc(-c3cncc4ccccc34)cn2n1. The second kappa shape index (κ2) is 7.83. The van der Waals surface area contributed by atoms with Crippen LogP contribution in [-0.2, 0) is 4.79 Å². The van der Waals surface area contributed by atoms with Crippen molar-refractivity contribution in [2.75, 3.05) is 11.9 Å². The molecule has 7 nitrogen and oxygen atoms in total. The summed E-state index contributed by atoms with van der Waals surface area (Å²) in [5, 5.41) is 9.01. The van der Waals surface area contributed by atoms with Crippen molar-refractivity contribution in [3.63, 3.8) is 0 Å². The molecule has 0 unspecified atom stereocenters. The zero-order valence-corrected chi connectivity index (χ0v) is 16.2. The molecular formula is C23H16FN5O2. The number of nitrogens with zero attached hydrogens (tertiary/aromatic N) is 4. The third-order valence-electron chi connectivity index (χ3n) is 4.76. The Kier molecular flexibility index (Phi) is 4.72. The van der Waals surface area contributed by atoms with E-state index >= 15 is 0 Å². The number of aromatic nitrogens is 4. The number of halogens is 1. The molecule has 0 saturated heterocycles. The molecule has 3 aromatic heterocycles. The van der Waals surface area contributed by atoms with E-state index in [1.165, 1.54) is 12.1 Å². The van der Waals surface area contributed by atoms with E-state index in [0.717, 1.165) is 21.9 Å². The lowest BCUT2D eigenvalue weighted by Crippen LogP contribution is -2.21. The van der Waals surface area contributed by atoms with Gasteiger partial charge in [-0.2, -0.15) is 4.98 Å². The predicted molar refractivity (Wildman–Crippen MR) is 114 cm³/mol. The Balaban J connectivity index is 1.36. The van der Waals surface area contributed by atoms with Crippen LogP contribution in [-0.4, -0.2) is 32.1 Å². The van der Waals surface area contributed by atoms with Gasteiger partial charge in [-0.15, -0.1) is 5.10 Å². The van der Waals surface area contributed by atoms with Crippen LogP contribution in [0, 0.1) is 5.82 Å². The van der Waals surface area contributed by atoms with Gasteiger partial charge in [0.25, 0.3) is 5.91 Å². The number of ether oxygens (including phenoxy) is 1. The summed E-state index contributed by atoms with van der Waals surface area (Å²) in [4.78, 5) is 20.8. The number of rotatable bonds is 5. The Bertz CT molecular complexity index is 1410. The van der Waals surface area contributed by atoms with E-state index in [9.17, 15) is 9.18 Å². The van der Waals surface area contributed by atoms with Crippen molar-refractivity contribution < 1.29 is 13.9 Å². The van der Waals surface area contributed by atoms with E-state index < -0.39 is 11.7 Å². The monoisotopic (exact) mass is 413 g/mol. The minimum absolute atomic E-state index is 0.00829. The Morgan fingerprint density at radius 1 is 1.03 bits per heavy atom. The maximum Gasteiger partial charge on any atom is 0.264 e. The molecule has 152 valence electrons. The topological polar surface area (TPSA) is 81.4 Å². The number of carbonyl (C=O) groups is 1. The molecule has 0 radical (unpaired) electrons. The first-order valence-electron chi connectivity index (χ1n) is 9.54. The third kappa shape index (κ3) is 3.78. The molecule has 5 rings (SSSR count). The lowest BCUT2D eigenvalue weighted by atomic mass is 10.0. The van der Waals surface area contributed by atoms with E-state index in [0.29, 0.717) is 5.65 Å². The maximum absolute atomic E-state index is 13.6. The summed E-state index contributed by atoms with van der Waals surface area (Å²) in [6, 6.07) is 17.6. The van der Waals surface area contributed by atoms with E-state index in [4.69, 9.17) is 4.74 Å². The van der Waals surface area contributed by atoms with Crippen LogP contribution < -0.4 is 10.1 Å². The van der Waals surface area contributed by atoms with Gasteiger partial charge < -0.3 is 4.74 Å². The first-order chi connectivity index (χ1) is 15.2. The van der Waals surface area contributed by atoms with Crippen LogP contribution in [0.15, 0.2) is 79.3 Å². The zero-order chi connectivity index (χ0) is 21.2. The standard InChI is InChI=1S/C23H16FN5O2/c24-19-7-3-4-8-20(19)31-14-22(30)27-23-26-21-10-9-16(13-29(21)28-23)18-12-25-11-15-5-1-2-6-17(15)18/h1-13H,14H2,(H,27,28,30). The van der Waals surface area contributed by atoms with Gasteiger partial charge in [0.2, 0.25) is 5.95 Å². The number of para-hydroxylation sites is 1. The van der Waals surface area contributed by atoms with Crippen LogP contribution in [0.3, 0.4) is 0 Å². The van der Waals surface area contributed by atoms with Gasteiger partial charge in [-0.3, -0.25) is 15.1 Å². The third-order valence-corrected chi connectivity index (χ3v) is 4.76. The number of hydrogen-bond donors (Lipinski definition) is 1. The Morgan fingerprint density at radius 2 is 1.87 bits per heavy atom. The molecule has 0 atom stereocenters. The Hall–Kier alpha value is -4.33. The van der Waals surface area contributed by atoms with Crippen molar-refractivity contribution in [2.45, 2.75) is 0 Å². The quantitative estimate of drug-likeness (QED) is 0.469. The molecule has 31 heavy (non-hydrogen) atoms. The van der Waals surface area contributed by atoms with Gasteiger partial charge in [0.15, 0.2) is 23.8 Å². The van der Waals surface area contributed by atoms with Crippen molar-refractivity contribution in [2.24, 2.45) is 0 Å². The number of anilines is 1. The lowest BCUT2D eigenvalue weighted by molar-refractivity contribution is -0.118. The molecule has 0 aliphatic heterocycles. The van der Waals surface area contributed by atoms with Gasteiger partial charge >= 0.3 is 0 Å². The number of nitrogens with one attached hydrogen (secondary N) is 1. The molecule has 3 heterocycles. The summed E-state index contributed by atoms with van der Waals surface area (Å²) in [5.41, 5.74) is 2.46. The van der Waals surface area contributed by atoms with Crippen LogP contribution in [0.5, 0.6) is 5.75 Å². The maximum atomic E-state index is 13.6. The summed E-state index contributed by atoms with van der Waals surface area (Å²) in [6.45, 7) is -0.358. The Labute approximate surface area is 176 Å². The van der Waals surface area contributed by atoms with Gasteiger partial charge in [-0.25, -0.2) is 8.91 Å². The smallest absolute Gasteiger partial charge is 0.264 e. The molecule has 0 aliphatic carbocycles. The molecule has 2 aromatic carbocycles. The summed E-state index contributed by atoms with van der Waals surface area (Å²) < 4.78 is 20.4. The second-order valence-electron chi connectivity index (χ2n) is 6.83. The molecule has 0 saturated carbocycles. The first-order valence-corrected chi connectivity index (χ1v) is 9.54. The fraction of sp³-hybridized carbons (Fsp3) is 0.0435. The highest BCUT2D eigenvalue weighted by Crippen LogP contribution is 2.27. The number of benzene rings is 2. The normalized spacial score (nSPS) is 11.0. The minimum Gasteiger partial charge on any atom is -0.481 e. The van der Waals surface area contributed by atoms with Crippen LogP contribution in [0.1, 0.15) is 0 Å². The van der Waals surface area contributed by atoms with Crippen LogP contribution in [0.2, 0.25) is 0 Å². The van der Waals surface area contributed by atoms with Crippen molar-refractivity contribution in [3.05, 3.63) is 85.1 Å². The molecule has 0 aliphatic rings. The van der Waals surface area contributed by atoms with Gasteiger partial charge in [0, 0.05) is 35.1 Å². The molecule has 8 heteroatoms. The highest BCUT2D eigenvalue weighted by atomic mass is 19.1. The van der Waals surface area contributed by atoms with E-state index in [2.05, 4.69) is 20.4 Å². The largest absolute Gasteiger partial charge is 0.481 e. The van der Waals surface area contributed by atoms with Gasteiger partial charge in [-0.05, 0) is 29.7 Å². The first kappa shape index (κ1) is 18.7. The molecule has 1 amide bonds. The molecule has 0 bridgehead atoms. The summed E-state index contributed by atoms with van der Waals surface area (Å²) in [5.74, 6) is -0.876. The van der Waals surface area contributed by atoms with Gasteiger partial charge in [0.05, 0.1) is 0 Å². The highest BCUT2D eigenvalue weighted by Gasteiger charge is 2.12. The summed E-state index contributed by atoms with van der Waals surface area (Å²) in [7, 11) is 0. The zero-order valence-electron chi connectivity index (χ0n) is 16.2. The number of amides is 1. The fourth-order valence-corrected chi connectivity index (χ4v) is 3.31. The average Bonchev–Trinajstić information content (AvgIpc) is 3.19. The lowest BCUT2D eigenvalue weighted by Gasteiger charge is -2.06. The van der Waals surface area contributed by atoms with Gasteiger partial charge in [0.1, 0.15) is 0 Å². The number of hydrogen-bond acceptors (Lipinski definition) is 5. The van der Waals surface area contributed by atoms with E-state index in [-0.39, 0.29) is 18.3 Å². The molecule has 1 N–H and O–H groups in total. The number of fused-ring (bicyclic) bond motifs is 2. The second-order valence-corrected chi connectivity index (χ2v) is 6.83. The molecule has 0 spiro atoms. The van der Waals surface area contributed by atoms with Crippen LogP contribution >= 0.6 is 0 Å². The van der Waals surface area contributed by atoms with Crippen LogP contribution in [0.4, 0.5) is 10.3 Å². The van der Waals surface area contributed by atoms with Crippen LogP contribution in [0.25, 0.3) is 27.5 Å². The molecule has 5 aromatic rings. The molecular weight excluding hydrogens is 397 g/mol. The van der Waals surface area contributed by atoms with Crippen molar-refractivity contribution in [1.82, 2.24) is 19.6 Å². The number of carbonyl (C=O) groups excluding carboxylic acids is 1. The van der Waals surface area contributed by atoms with Crippen molar-refractivity contribution >= 4 is 28.3 Å². The Morgan fingerprint density at radius 3 is 2.77 bits per heavy atom. The minimum atomic E-state index is -0.531. The predicted octanol–water partition coefficient (Wildman–Crippen LogP) is 4.10. The van der Waals surface area contributed by atoms with Crippen molar-refractivity contribution in [1.29, 1.82) is 0 Å². The van der Waals surface area contributed by atoms with Gasteiger partial charge in [-0.1, -0.05) is 36.4 Å². The average molecular weight is 413 g/mol. The fourth-order valence-electron chi connectivity index (χ4n) is 3.31. The van der Waals surface area contributed by atoms with Crippen molar-refractivity contribution in [3.8, 4) is 16.9 Å². The van der Waals surface area contributed by atoms with E-state index in [1.54, 1.807) is 16.6 Å².